The second-order valence-electron chi connectivity index (χ2n) is 5.39. The third-order valence-electron chi connectivity index (χ3n) is 3.37. The third kappa shape index (κ3) is 5.47. The van der Waals surface area contributed by atoms with Gasteiger partial charge in [-0.1, -0.05) is 17.7 Å². The van der Waals surface area contributed by atoms with Crippen LogP contribution in [-0.4, -0.2) is 30.4 Å². The Balaban J connectivity index is 1.96. The van der Waals surface area contributed by atoms with Crippen LogP contribution in [0.4, 0.5) is 5.69 Å². The average Bonchev–Trinajstić information content (AvgIpc) is 2.63. The van der Waals surface area contributed by atoms with Gasteiger partial charge in [-0.3, -0.25) is 4.79 Å². The maximum atomic E-state index is 11.9. The summed E-state index contributed by atoms with van der Waals surface area (Å²) in [7, 11) is 0. The molecule has 138 valence electrons. The molecule has 0 radical (unpaired) electrons. The molecule has 6 nitrogen and oxygen atoms in total. The molecule has 0 bridgehead atoms. The van der Waals surface area contributed by atoms with E-state index in [0.29, 0.717) is 26.9 Å². The van der Waals surface area contributed by atoms with Gasteiger partial charge >= 0.3 is 0 Å². The van der Waals surface area contributed by atoms with Crippen molar-refractivity contribution < 1.29 is 14.6 Å². The summed E-state index contributed by atoms with van der Waals surface area (Å²) in [6.07, 6.45) is 1.47. The highest BCUT2D eigenvalue weighted by molar-refractivity contribution is 9.13. The van der Waals surface area contributed by atoms with Gasteiger partial charge in [-0.15, -0.1) is 0 Å². The number of anilines is 1. The van der Waals surface area contributed by atoms with Gasteiger partial charge in [0.15, 0.2) is 11.5 Å². The van der Waals surface area contributed by atoms with Gasteiger partial charge in [0.25, 0.3) is 5.91 Å². The molecule has 0 saturated heterocycles. The molecule has 0 spiro atoms. The Hall–Kier alpha value is -2.06. The number of halogens is 2. The first-order chi connectivity index (χ1) is 12.4. The molecular weight excluding hydrogens is 466 g/mol. The van der Waals surface area contributed by atoms with Crippen molar-refractivity contribution in [3.05, 3.63) is 50.4 Å². The number of hydrazone groups is 1. The Kier molecular flexibility index (Phi) is 7.47. The van der Waals surface area contributed by atoms with Gasteiger partial charge in [-0.2, -0.15) is 5.10 Å². The van der Waals surface area contributed by atoms with Crippen molar-refractivity contribution >= 4 is 49.7 Å². The number of phenols is 1. The number of nitrogens with one attached hydrogen (secondary N) is 2. The molecular formula is C18H19Br2N3O3. The largest absolute Gasteiger partial charge is 0.503 e. The zero-order valence-corrected chi connectivity index (χ0v) is 17.5. The van der Waals surface area contributed by atoms with E-state index in [9.17, 15) is 9.90 Å². The van der Waals surface area contributed by atoms with Gasteiger partial charge < -0.3 is 15.2 Å². The van der Waals surface area contributed by atoms with Crippen LogP contribution in [0.15, 0.2) is 44.4 Å². The fourth-order valence-corrected chi connectivity index (χ4v) is 2.87. The summed E-state index contributed by atoms with van der Waals surface area (Å²) in [5.41, 5.74) is 5.11. The lowest BCUT2D eigenvalue weighted by Crippen LogP contribution is -2.25. The summed E-state index contributed by atoms with van der Waals surface area (Å²) >= 11 is 6.66. The van der Waals surface area contributed by atoms with Crippen LogP contribution in [0.25, 0.3) is 0 Å². The molecule has 0 aliphatic heterocycles. The van der Waals surface area contributed by atoms with Gasteiger partial charge in [-0.25, -0.2) is 5.43 Å². The van der Waals surface area contributed by atoms with Crippen LogP contribution in [0.5, 0.6) is 11.5 Å². The second kappa shape index (κ2) is 9.59. The minimum absolute atomic E-state index is 0.00204. The molecule has 0 heterocycles. The minimum Gasteiger partial charge on any atom is -0.503 e. The monoisotopic (exact) mass is 483 g/mol. The lowest BCUT2D eigenvalue weighted by molar-refractivity contribution is -0.119. The van der Waals surface area contributed by atoms with Crippen LogP contribution in [0, 0.1) is 6.92 Å². The molecule has 2 rings (SSSR count). The predicted molar refractivity (Wildman–Crippen MR) is 110 cm³/mol. The van der Waals surface area contributed by atoms with E-state index in [4.69, 9.17) is 4.74 Å². The molecule has 0 aromatic heterocycles. The molecule has 0 atom stereocenters. The fraction of sp³-hybridized carbons (Fsp3) is 0.222. The summed E-state index contributed by atoms with van der Waals surface area (Å²) in [6.45, 7) is 4.34. The van der Waals surface area contributed by atoms with Gasteiger partial charge in [0, 0.05) is 15.7 Å². The van der Waals surface area contributed by atoms with E-state index >= 15 is 0 Å². The number of ether oxygens (including phenoxy) is 1. The first-order valence-corrected chi connectivity index (χ1v) is 9.47. The predicted octanol–water partition coefficient (Wildman–Crippen LogP) is 4.19. The molecule has 0 aliphatic rings. The van der Waals surface area contributed by atoms with Gasteiger partial charge in [0.2, 0.25) is 0 Å². The highest BCUT2D eigenvalue weighted by Crippen LogP contribution is 2.41. The van der Waals surface area contributed by atoms with Gasteiger partial charge in [-0.05, 0) is 63.9 Å². The quantitative estimate of drug-likeness (QED) is 0.406. The fourth-order valence-electron chi connectivity index (χ4n) is 2.04. The third-order valence-corrected chi connectivity index (χ3v) is 5.53. The maximum absolute atomic E-state index is 11.9. The van der Waals surface area contributed by atoms with E-state index in [1.54, 1.807) is 6.07 Å². The number of benzene rings is 2. The lowest BCUT2D eigenvalue weighted by Gasteiger charge is -2.11. The topological polar surface area (TPSA) is 83.0 Å². The number of aryl methyl sites for hydroxylation is 1. The van der Waals surface area contributed by atoms with Crippen molar-refractivity contribution in [3.63, 3.8) is 0 Å². The molecule has 0 fully saturated rings. The first-order valence-electron chi connectivity index (χ1n) is 7.88. The summed E-state index contributed by atoms with van der Waals surface area (Å²) in [4.78, 5) is 11.9. The van der Waals surface area contributed by atoms with Gasteiger partial charge in [0.1, 0.15) is 0 Å². The van der Waals surface area contributed by atoms with E-state index in [-0.39, 0.29) is 18.2 Å². The molecule has 2 aromatic carbocycles. The Morgan fingerprint density at radius 1 is 1.27 bits per heavy atom. The molecule has 0 unspecified atom stereocenters. The number of amides is 1. The molecule has 3 N–H and O–H groups in total. The first kappa shape index (κ1) is 20.3. The zero-order valence-electron chi connectivity index (χ0n) is 14.3. The molecule has 26 heavy (non-hydrogen) atoms. The van der Waals surface area contributed by atoms with E-state index < -0.39 is 0 Å². The number of carbonyl (C=O) groups is 1. The Bertz CT molecular complexity index is 808. The second-order valence-corrected chi connectivity index (χ2v) is 6.97. The average molecular weight is 485 g/mol. The van der Waals surface area contributed by atoms with Crippen molar-refractivity contribution in [1.29, 1.82) is 0 Å². The standard InChI is InChI=1S/C18H19Br2N3O3/c1-3-26-14-8-12(16(19)17(20)18(14)25)9-22-23-15(24)10-21-13-6-4-11(2)5-7-13/h4-9,21,25H,3,10H2,1-2H3,(H,23,24)/b22-9+. The van der Waals surface area contributed by atoms with E-state index in [0.717, 1.165) is 11.3 Å². The number of nitrogens with zero attached hydrogens (tertiary/aromatic N) is 1. The molecule has 1 amide bonds. The number of hydrogen-bond donors (Lipinski definition) is 3. The molecule has 8 heteroatoms. The van der Waals surface area contributed by atoms with Crippen LogP contribution in [0.3, 0.4) is 0 Å². The van der Waals surface area contributed by atoms with Crippen LogP contribution in [0.1, 0.15) is 18.1 Å². The summed E-state index contributed by atoms with van der Waals surface area (Å²) in [6, 6.07) is 9.38. The normalized spacial score (nSPS) is 10.8. The van der Waals surface area contributed by atoms with Crippen LogP contribution in [-0.2, 0) is 4.79 Å². The van der Waals surface area contributed by atoms with Crippen molar-refractivity contribution in [2.24, 2.45) is 5.10 Å². The van der Waals surface area contributed by atoms with Crippen molar-refractivity contribution in [1.82, 2.24) is 5.43 Å². The Morgan fingerprint density at radius 2 is 1.96 bits per heavy atom. The van der Waals surface area contributed by atoms with Crippen LogP contribution >= 0.6 is 31.9 Å². The van der Waals surface area contributed by atoms with Crippen molar-refractivity contribution in [2.45, 2.75) is 13.8 Å². The Labute approximate surface area is 168 Å². The number of aromatic hydroxyl groups is 1. The summed E-state index contributed by atoms with van der Waals surface area (Å²) < 4.78 is 6.44. The SMILES string of the molecule is CCOc1cc(/C=N/NC(=O)CNc2ccc(C)cc2)c(Br)c(Br)c1O. The van der Waals surface area contributed by atoms with E-state index in [2.05, 4.69) is 47.7 Å². The highest BCUT2D eigenvalue weighted by atomic mass is 79.9. The molecule has 0 aliphatic carbocycles. The molecule has 2 aromatic rings. The van der Waals surface area contributed by atoms with Crippen LogP contribution < -0.4 is 15.5 Å². The van der Waals surface area contributed by atoms with Gasteiger partial charge in [0.05, 0.1) is 23.8 Å². The number of carbonyl (C=O) groups excluding carboxylic acids is 1. The lowest BCUT2D eigenvalue weighted by atomic mass is 10.2. The Morgan fingerprint density at radius 3 is 2.62 bits per heavy atom. The molecule has 0 saturated carbocycles. The number of rotatable bonds is 7. The number of hydrogen-bond acceptors (Lipinski definition) is 5. The maximum Gasteiger partial charge on any atom is 0.259 e. The van der Waals surface area contributed by atoms with Crippen molar-refractivity contribution in [2.75, 3.05) is 18.5 Å². The van der Waals surface area contributed by atoms with E-state index in [1.807, 2.05) is 38.1 Å². The number of phenolic OH excluding ortho intramolecular Hbond substituents is 1. The van der Waals surface area contributed by atoms with Crippen LogP contribution in [0.2, 0.25) is 0 Å². The van der Waals surface area contributed by atoms with Crippen molar-refractivity contribution in [3.8, 4) is 11.5 Å². The summed E-state index contributed by atoms with van der Waals surface area (Å²) in [5.74, 6) is 0.0550. The van der Waals surface area contributed by atoms with E-state index in [1.165, 1.54) is 6.21 Å². The summed E-state index contributed by atoms with van der Waals surface area (Å²) in [5, 5.41) is 17.0. The zero-order chi connectivity index (χ0) is 19.1. The smallest absolute Gasteiger partial charge is 0.259 e. The minimum atomic E-state index is -0.277. The highest BCUT2D eigenvalue weighted by Gasteiger charge is 2.14.